The molecule has 0 aromatic rings. The van der Waals surface area contributed by atoms with E-state index >= 15 is 0 Å². The van der Waals surface area contributed by atoms with E-state index in [2.05, 4.69) is 38.2 Å². The summed E-state index contributed by atoms with van der Waals surface area (Å²) in [6, 6.07) is 0. The van der Waals surface area contributed by atoms with Gasteiger partial charge in [-0.05, 0) is 44.9 Å². The Morgan fingerprint density at radius 3 is 1.94 bits per heavy atom. The average molecular weight is 467 g/mol. The first-order valence-corrected chi connectivity index (χ1v) is 13.9. The van der Waals surface area contributed by atoms with Gasteiger partial charge in [-0.25, -0.2) is 0 Å². The highest BCUT2D eigenvalue weighted by Crippen LogP contribution is 2.10. The summed E-state index contributed by atoms with van der Waals surface area (Å²) in [4.78, 5) is 11.9. The third kappa shape index (κ3) is 25.3. The number of aliphatic hydroxyl groups is 1. The minimum Gasteiger partial charge on any atom is -0.463 e. The molecule has 0 saturated heterocycles. The molecule has 4 nitrogen and oxygen atoms in total. The van der Waals surface area contributed by atoms with E-state index in [9.17, 15) is 9.90 Å². The summed E-state index contributed by atoms with van der Waals surface area (Å²) >= 11 is 0. The van der Waals surface area contributed by atoms with Crippen molar-refractivity contribution in [2.75, 3.05) is 19.8 Å². The number of ether oxygens (including phenoxy) is 2. The maximum absolute atomic E-state index is 11.9. The lowest BCUT2D eigenvalue weighted by Gasteiger charge is -2.15. The number of hydrogen-bond donors (Lipinski definition) is 1. The number of rotatable bonds is 25. The molecule has 0 fully saturated rings. The fraction of sp³-hybridized carbons (Fsp3) is 0.828. The van der Waals surface area contributed by atoms with Gasteiger partial charge in [0.15, 0.2) is 0 Å². The molecule has 0 aliphatic rings. The van der Waals surface area contributed by atoms with Gasteiger partial charge in [0, 0.05) is 13.0 Å². The predicted octanol–water partition coefficient (Wildman–Crippen LogP) is 8.08. The molecule has 0 aromatic heterocycles. The Hall–Kier alpha value is -1.13. The molecule has 0 rings (SSSR count). The Morgan fingerprint density at radius 2 is 1.27 bits per heavy atom. The average Bonchev–Trinajstić information content (AvgIpc) is 2.82. The minimum absolute atomic E-state index is 0.104. The van der Waals surface area contributed by atoms with Gasteiger partial charge in [-0.2, -0.15) is 0 Å². The fourth-order valence-electron chi connectivity index (χ4n) is 3.62. The zero-order valence-corrected chi connectivity index (χ0v) is 21.9. The number of carbonyl (C=O) groups excluding carboxylic acids is 1. The molecule has 1 N–H and O–H groups in total. The van der Waals surface area contributed by atoms with Gasteiger partial charge in [0.05, 0.1) is 6.61 Å². The first-order chi connectivity index (χ1) is 16.2. The summed E-state index contributed by atoms with van der Waals surface area (Å²) in [6.07, 6.45) is 29.3. The van der Waals surface area contributed by atoms with E-state index in [-0.39, 0.29) is 19.2 Å². The van der Waals surface area contributed by atoms with Crippen LogP contribution < -0.4 is 0 Å². The van der Waals surface area contributed by atoms with Crippen LogP contribution in [0.3, 0.4) is 0 Å². The van der Waals surface area contributed by atoms with Crippen molar-refractivity contribution in [1.29, 1.82) is 0 Å². The largest absolute Gasteiger partial charge is 0.463 e. The van der Waals surface area contributed by atoms with Gasteiger partial charge >= 0.3 is 5.97 Å². The molecule has 0 saturated carbocycles. The van der Waals surface area contributed by atoms with Crippen LogP contribution in [0.2, 0.25) is 0 Å². The van der Waals surface area contributed by atoms with Crippen LogP contribution in [0.1, 0.15) is 129 Å². The lowest BCUT2D eigenvalue weighted by molar-refractivity contribution is -0.149. The van der Waals surface area contributed by atoms with E-state index in [1.54, 1.807) is 0 Å². The zero-order chi connectivity index (χ0) is 24.2. The van der Waals surface area contributed by atoms with Gasteiger partial charge in [-0.3, -0.25) is 4.79 Å². The zero-order valence-electron chi connectivity index (χ0n) is 21.9. The highest BCUT2D eigenvalue weighted by molar-refractivity contribution is 5.69. The molecule has 1 unspecified atom stereocenters. The topological polar surface area (TPSA) is 55.8 Å². The van der Waals surface area contributed by atoms with Gasteiger partial charge < -0.3 is 14.6 Å². The molecular formula is C29H54O4. The lowest BCUT2D eigenvalue weighted by atomic mass is 10.1. The Morgan fingerprint density at radius 1 is 0.727 bits per heavy atom. The molecule has 0 aliphatic carbocycles. The van der Waals surface area contributed by atoms with Crippen molar-refractivity contribution in [3.8, 4) is 0 Å². The number of allylic oxidation sites excluding steroid dienone is 4. The number of hydrogen-bond acceptors (Lipinski definition) is 4. The molecule has 0 heterocycles. The summed E-state index contributed by atoms with van der Waals surface area (Å²) in [7, 11) is 0. The molecule has 194 valence electrons. The molecule has 0 spiro atoms. The smallest absolute Gasteiger partial charge is 0.305 e. The van der Waals surface area contributed by atoms with Crippen molar-refractivity contribution < 1.29 is 19.4 Å². The van der Waals surface area contributed by atoms with Crippen LogP contribution in [-0.2, 0) is 14.3 Å². The quantitative estimate of drug-likeness (QED) is 0.0839. The van der Waals surface area contributed by atoms with Crippen LogP contribution in [0, 0.1) is 0 Å². The molecule has 0 amide bonds. The van der Waals surface area contributed by atoms with Crippen molar-refractivity contribution in [2.45, 2.75) is 136 Å². The third-order valence-electron chi connectivity index (χ3n) is 5.82. The summed E-state index contributed by atoms with van der Waals surface area (Å²) in [5.74, 6) is -0.178. The van der Waals surface area contributed by atoms with Gasteiger partial charge in [-0.1, -0.05) is 102 Å². The Bertz CT molecular complexity index is 459. The van der Waals surface area contributed by atoms with Crippen LogP contribution in [-0.4, -0.2) is 37.0 Å². The van der Waals surface area contributed by atoms with E-state index in [1.165, 1.54) is 70.6 Å². The Kier molecular flexibility index (Phi) is 26.2. The van der Waals surface area contributed by atoms with Crippen LogP contribution in [0.15, 0.2) is 24.3 Å². The SMILES string of the molecule is CCCCC/C=C\C/C=C\CCCCCCCC(=O)OCC(CO)OCCCCCCCC. The van der Waals surface area contributed by atoms with Crippen LogP contribution in [0.4, 0.5) is 0 Å². The third-order valence-corrected chi connectivity index (χ3v) is 5.82. The van der Waals surface area contributed by atoms with E-state index in [1.807, 2.05) is 0 Å². The van der Waals surface area contributed by atoms with Crippen molar-refractivity contribution in [1.82, 2.24) is 0 Å². The second kappa shape index (κ2) is 27.1. The Labute approximate surface area is 205 Å². The molecular weight excluding hydrogens is 412 g/mol. The predicted molar refractivity (Wildman–Crippen MR) is 141 cm³/mol. The molecule has 0 bridgehead atoms. The maximum Gasteiger partial charge on any atom is 0.305 e. The molecule has 33 heavy (non-hydrogen) atoms. The summed E-state index contributed by atoms with van der Waals surface area (Å²) in [5.41, 5.74) is 0. The lowest BCUT2D eigenvalue weighted by Crippen LogP contribution is -2.26. The van der Waals surface area contributed by atoms with Crippen molar-refractivity contribution in [3.05, 3.63) is 24.3 Å². The monoisotopic (exact) mass is 466 g/mol. The highest BCUT2D eigenvalue weighted by Gasteiger charge is 2.11. The number of unbranched alkanes of at least 4 members (excludes halogenated alkanes) is 13. The Balaban J connectivity index is 3.49. The first kappa shape index (κ1) is 31.9. The van der Waals surface area contributed by atoms with E-state index < -0.39 is 6.10 Å². The van der Waals surface area contributed by atoms with Crippen LogP contribution >= 0.6 is 0 Å². The second-order valence-corrected chi connectivity index (χ2v) is 9.11. The molecule has 4 heteroatoms. The number of esters is 1. The van der Waals surface area contributed by atoms with Crippen molar-refractivity contribution in [3.63, 3.8) is 0 Å². The fourth-order valence-corrected chi connectivity index (χ4v) is 3.62. The van der Waals surface area contributed by atoms with Crippen LogP contribution in [0.5, 0.6) is 0 Å². The molecule has 0 aliphatic heterocycles. The summed E-state index contributed by atoms with van der Waals surface area (Å²) < 4.78 is 10.9. The maximum atomic E-state index is 11.9. The molecule has 1 atom stereocenters. The highest BCUT2D eigenvalue weighted by atomic mass is 16.6. The van der Waals surface area contributed by atoms with Crippen molar-refractivity contribution >= 4 is 5.97 Å². The first-order valence-electron chi connectivity index (χ1n) is 13.9. The number of carbonyl (C=O) groups is 1. The second-order valence-electron chi connectivity index (χ2n) is 9.11. The van der Waals surface area contributed by atoms with E-state index in [0.29, 0.717) is 13.0 Å². The van der Waals surface area contributed by atoms with Gasteiger partial charge in [-0.15, -0.1) is 0 Å². The van der Waals surface area contributed by atoms with Gasteiger partial charge in [0.1, 0.15) is 12.7 Å². The van der Waals surface area contributed by atoms with E-state index in [4.69, 9.17) is 9.47 Å². The van der Waals surface area contributed by atoms with Gasteiger partial charge in [0.25, 0.3) is 0 Å². The van der Waals surface area contributed by atoms with Crippen LogP contribution in [0.25, 0.3) is 0 Å². The van der Waals surface area contributed by atoms with Crippen molar-refractivity contribution in [2.24, 2.45) is 0 Å². The molecule has 0 aromatic carbocycles. The van der Waals surface area contributed by atoms with E-state index in [0.717, 1.165) is 38.5 Å². The molecule has 0 radical (unpaired) electrons. The van der Waals surface area contributed by atoms with Gasteiger partial charge in [0.2, 0.25) is 0 Å². The minimum atomic E-state index is -0.394. The standard InChI is InChI=1S/C29H54O4/c1-3-5-7-9-11-12-13-14-15-16-17-18-19-20-22-24-29(31)33-27-28(26-30)32-25-23-21-10-8-6-4-2/h11-12,14-15,28,30H,3-10,13,16-27H2,1-2H3/b12-11-,15-14-. The summed E-state index contributed by atoms with van der Waals surface area (Å²) in [5, 5.41) is 9.40. The number of aliphatic hydroxyl groups excluding tert-OH is 1. The summed E-state index contributed by atoms with van der Waals surface area (Å²) in [6.45, 7) is 5.13. The normalized spacial score (nSPS) is 12.7.